The van der Waals surface area contributed by atoms with Crippen molar-refractivity contribution in [2.75, 3.05) is 13.7 Å². The van der Waals surface area contributed by atoms with Gasteiger partial charge in [-0.1, -0.05) is 35.9 Å². The van der Waals surface area contributed by atoms with Crippen molar-refractivity contribution in [3.05, 3.63) is 76.9 Å². The van der Waals surface area contributed by atoms with Crippen LogP contribution >= 0.6 is 11.6 Å². The zero-order valence-corrected chi connectivity index (χ0v) is 17.5. The fourth-order valence-corrected chi connectivity index (χ4v) is 3.49. The Morgan fingerprint density at radius 2 is 1.87 bits per heavy atom. The minimum absolute atomic E-state index is 0.221. The number of pyridine rings is 1. The third-order valence-corrected chi connectivity index (χ3v) is 5.15. The van der Waals surface area contributed by atoms with Crippen LogP contribution in [0.5, 0.6) is 5.75 Å². The van der Waals surface area contributed by atoms with Crippen molar-refractivity contribution in [1.82, 2.24) is 20.1 Å². The minimum atomic E-state index is -0.221. The quantitative estimate of drug-likeness (QED) is 0.505. The second kappa shape index (κ2) is 8.55. The molecule has 0 saturated carbocycles. The fraction of sp³-hybridized carbons (Fsp3) is 0.174. The molecule has 30 heavy (non-hydrogen) atoms. The van der Waals surface area contributed by atoms with Gasteiger partial charge in [-0.2, -0.15) is 5.10 Å². The van der Waals surface area contributed by atoms with Crippen molar-refractivity contribution >= 4 is 28.5 Å². The molecule has 4 rings (SSSR count). The van der Waals surface area contributed by atoms with Crippen molar-refractivity contribution in [1.29, 1.82) is 0 Å². The molecular formula is C23H21ClN4O2. The summed E-state index contributed by atoms with van der Waals surface area (Å²) >= 11 is 5.91. The molecule has 0 atom stereocenters. The molecule has 6 nitrogen and oxygen atoms in total. The lowest BCUT2D eigenvalue weighted by Gasteiger charge is -2.08. The molecule has 2 aromatic heterocycles. The number of aryl methyl sites for hydroxylation is 1. The summed E-state index contributed by atoms with van der Waals surface area (Å²) in [6.45, 7) is 0.505. The van der Waals surface area contributed by atoms with Gasteiger partial charge < -0.3 is 10.1 Å². The van der Waals surface area contributed by atoms with E-state index in [9.17, 15) is 4.79 Å². The van der Waals surface area contributed by atoms with Gasteiger partial charge in [0, 0.05) is 24.2 Å². The van der Waals surface area contributed by atoms with E-state index in [-0.39, 0.29) is 5.91 Å². The summed E-state index contributed by atoms with van der Waals surface area (Å²) in [6.07, 6.45) is 0.712. The number of fused-ring (bicyclic) bond motifs is 1. The van der Waals surface area contributed by atoms with Crippen LogP contribution in [0.15, 0.2) is 60.7 Å². The van der Waals surface area contributed by atoms with Gasteiger partial charge in [0.2, 0.25) is 0 Å². The highest BCUT2D eigenvalue weighted by Gasteiger charge is 2.18. The largest absolute Gasteiger partial charge is 0.496 e. The molecule has 0 unspecified atom stereocenters. The average Bonchev–Trinajstić information content (AvgIpc) is 3.11. The van der Waals surface area contributed by atoms with E-state index in [1.165, 1.54) is 0 Å². The van der Waals surface area contributed by atoms with Crippen LogP contribution in [0.25, 0.3) is 22.3 Å². The number of aromatic nitrogens is 3. The highest BCUT2D eigenvalue weighted by molar-refractivity contribution is 6.30. The summed E-state index contributed by atoms with van der Waals surface area (Å²) < 4.78 is 7.07. The Morgan fingerprint density at radius 1 is 1.10 bits per heavy atom. The molecule has 0 aliphatic heterocycles. The average molecular weight is 421 g/mol. The lowest BCUT2D eigenvalue weighted by atomic mass is 10.1. The van der Waals surface area contributed by atoms with Crippen LogP contribution in [-0.2, 0) is 13.5 Å². The molecule has 1 amide bonds. The van der Waals surface area contributed by atoms with Crippen LogP contribution in [-0.4, -0.2) is 34.3 Å². The molecule has 2 aromatic carbocycles. The summed E-state index contributed by atoms with van der Waals surface area (Å²) in [5, 5.41) is 8.74. The summed E-state index contributed by atoms with van der Waals surface area (Å²) in [5.41, 5.74) is 3.76. The van der Waals surface area contributed by atoms with Crippen LogP contribution in [0.3, 0.4) is 0 Å². The van der Waals surface area contributed by atoms with Gasteiger partial charge in [-0.25, -0.2) is 9.67 Å². The van der Waals surface area contributed by atoms with Gasteiger partial charge in [-0.3, -0.25) is 4.79 Å². The number of hydrogen-bond donors (Lipinski definition) is 1. The minimum Gasteiger partial charge on any atom is -0.496 e. The van der Waals surface area contributed by atoms with Gasteiger partial charge in [-0.15, -0.1) is 0 Å². The normalized spacial score (nSPS) is 10.9. The fourth-order valence-electron chi connectivity index (χ4n) is 3.36. The number of para-hydroxylation sites is 1. The number of hydrogen-bond acceptors (Lipinski definition) is 4. The molecule has 0 aliphatic carbocycles. The smallest absolute Gasteiger partial charge is 0.272 e. The van der Waals surface area contributed by atoms with Crippen molar-refractivity contribution in [2.45, 2.75) is 6.42 Å². The van der Waals surface area contributed by atoms with Crippen LogP contribution in [0.1, 0.15) is 16.1 Å². The first-order valence-corrected chi connectivity index (χ1v) is 9.94. The summed E-state index contributed by atoms with van der Waals surface area (Å²) in [7, 11) is 3.42. The number of halogens is 1. The number of carbonyl (C=O) groups excluding carboxylic acids is 1. The van der Waals surface area contributed by atoms with E-state index < -0.39 is 0 Å². The Morgan fingerprint density at radius 3 is 2.63 bits per heavy atom. The lowest BCUT2D eigenvalue weighted by Crippen LogP contribution is -2.26. The van der Waals surface area contributed by atoms with E-state index in [0.29, 0.717) is 34.7 Å². The molecule has 0 fully saturated rings. The second-order valence-corrected chi connectivity index (χ2v) is 7.31. The molecule has 0 saturated heterocycles. The van der Waals surface area contributed by atoms with Crippen molar-refractivity contribution < 1.29 is 9.53 Å². The van der Waals surface area contributed by atoms with E-state index in [1.54, 1.807) is 18.8 Å². The van der Waals surface area contributed by atoms with Crippen molar-refractivity contribution in [3.8, 4) is 17.0 Å². The maximum absolute atomic E-state index is 12.7. The molecule has 7 heteroatoms. The zero-order chi connectivity index (χ0) is 21.1. The van der Waals surface area contributed by atoms with Crippen molar-refractivity contribution in [3.63, 3.8) is 0 Å². The first kappa shape index (κ1) is 19.9. The number of nitrogens with zero attached hydrogens (tertiary/aromatic N) is 3. The van der Waals surface area contributed by atoms with Gasteiger partial charge in [0.1, 0.15) is 5.75 Å². The summed E-state index contributed by atoms with van der Waals surface area (Å²) in [5.74, 6) is 0.521. The molecule has 0 aliphatic rings. The highest BCUT2D eigenvalue weighted by Crippen LogP contribution is 2.30. The first-order valence-electron chi connectivity index (χ1n) is 9.56. The standard InChI is InChI=1S/C23H21ClN4O2/c1-28-22-18(11-12-19(26-22)17-5-3-4-6-20(17)30-2)21(27-28)23(29)25-14-13-15-7-9-16(24)10-8-15/h3-12H,13-14H2,1-2H3,(H,25,29). The number of nitrogens with one attached hydrogen (secondary N) is 1. The number of methoxy groups -OCH3 is 1. The maximum Gasteiger partial charge on any atom is 0.272 e. The molecule has 1 N–H and O–H groups in total. The summed E-state index contributed by atoms with van der Waals surface area (Å²) in [4.78, 5) is 17.4. The van der Waals surface area contributed by atoms with Gasteiger partial charge in [0.15, 0.2) is 11.3 Å². The van der Waals surface area contributed by atoms with E-state index >= 15 is 0 Å². The van der Waals surface area contributed by atoms with Gasteiger partial charge in [0.25, 0.3) is 5.91 Å². The van der Waals surface area contributed by atoms with Crippen LogP contribution in [0.2, 0.25) is 5.02 Å². The van der Waals surface area contributed by atoms with Crippen LogP contribution in [0, 0.1) is 0 Å². The zero-order valence-electron chi connectivity index (χ0n) is 16.7. The molecule has 0 bridgehead atoms. The van der Waals surface area contributed by atoms with Crippen LogP contribution < -0.4 is 10.1 Å². The second-order valence-electron chi connectivity index (χ2n) is 6.87. The Kier molecular flexibility index (Phi) is 5.68. The predicted octanol–water partition coefficient (Wildman–Crippen LogP) is 4.27. The third-order valence-electron chi connectivity index (χ3n) is 4.90. The Hall–Kier alpha value is -3.38. The molecular weight excluding hydrogens is 400 g/mol. The number of rotatable bonds is 6. The van der Waals surface area contributed by atoms with Gasteiger partial charge in [-0.05, 0) is 48.4 Å². The topological polar surface area (TPSA) is 69.0 Å². The monoisotopic (exact) mass is 420 g/mol. The Bertz CT molecular complexity index is 1200. The molecule has 0 radical (unpaired) electrons. The van der Waals surface area contributed by atoms with E-state index in [4.69, 9.17) is 21.3 Å². The van der Waals surface area contributed by atoms with E-state index in [1.807, 2.05) is 60.7 Å². The van der Waals surface area contributed by atoms with E-state index in [0.717, 1.165) is 22.6 Å². The first-order chi connectivity index (χ1) is 14.6. The molecule has 0 spiro atoms. The highest BCUT2D eigenvalue weighted by atomic mass is 35.5. The van der Waals surface area contributed by atoms with E-state index in [2.05, 4.69) is 10.4 Å². The summed E-state index contributed by atoms with van der Waals surface area (Å²) in [6, 6.07) is 19.0. The van der Waals surface area contributed by atoms with Crippen molar-refractivity contribution in [2.24, 2.45) is 7.05 Å². The number of carbonyl (C=O) groups is 1. The Balaban J connectivity index is 1.55. The SMILES string of the molecule is COc1ccccc1-c1ccc2c(C(=O)NCCc3ccc(Cl)cc3)nn(C)c2n1. The van der Waals surface area contributed by atoms with Gasteiger partial charge >= 0.3 is 0 Å². The Labute approximate surface area is 179 Å². The molecule has 2 heterocycles. The number of ether oxygens (including phenoxy) is 1. The third kappa shape index (κ3) is 4.00. The number of amides is 1. The number of benzene rings is 2. The van der Waals surface area contributed by atoms with Crippen LogP contribution in [0.4, 0.5) is 0 Å². The molecule has 152 valence electrons. The molecule has 4 aromatic rings. The van der Waals surface area contributed by atoms with Gasteiger partial charge in [0.05, 0.1) is 18.2 Å². The lowest BCUT2D eigenvalue weighted by molar-refractivity contribution is 0.0950. The maximum atomic E-state index is 12.7. The predicted molar refractivity (Wildman–Crippen MR) is 118 cm³/mol.